The minimum Gasteiger partial charge on any atom is -0.494 e. The number of aromatic nitrogens is 1. The van der Waals surface area contributed by atoms with Gasteiger partial charge in [-0.25, -0.2) is 9.78 Å². The van der Waals surface area contributed by atoms with Crippen LogP contribution in [0.1, 0.15) is 54.0 Å². The first-order valence-corrected chi connectivity index (χ1v) is 10.9. The van der Waals surface area contributed by atoms with E-state index >= 15 is 0 Å². The second kappa shape index (κ2) is 10.2. The number of carbonyl (C=O) groups excluding carboxylic acids is 2. The number of benzene rings is 1. The van der Waals surface area contributed by atoms with Gasteiger partial charge >= 0.3 is 6.09 Å². The van der Waals surface area contributed by atoms with E-state index in [1.165, 1.54) is 11.3 Å². The van der Waals surface area contributed by atoms with Crippen LogP contribution in [0.2, 0.25) is 0 Å². The Labute approximate surface area is 175 Å². The van der Waals surface area contributed by atoms with Gasteiger partial charge in [0.2, 0.25) is 0 Å². The largest absolute Gasteiger partial charge is 0.494 e. The highest BCUT2D eigenvalue weighted by atomic mass is 32.1. The molecule has 0 spiro atoms. The Balaban J connectivity index is 1.60. The average molecular weight is 418 g/mol. The van der Waals surface area contributed by atoms with Crippen molar-refractivity contribution in [3.05, 3.63) is 40.4 Å². The number of carbonyl (C=O) groups is 2. The van der Waals surface area contributed by atoms with Gasteiger partial charge in [0.1, 0.15) is 5.75 Å². The summed E-state index contributed by atoms with van der Waals surface area (Å²) in [6.07, 6.45) is 3.61. The van der Waals surface area contributed by atoms with Gasteiger partial charge in [0.25, 0.3) is 5.91 Å². The van der Waals surface area contributed by atoms with E-state index in [0.29, 0.717) is 49.2 Å². The molecule has 1 aromatic heterocycles. The summed E-state index contributed by atoms with van der Waals surface area (Å²) in [5.41, 5.74) is 1.46. The van der Waals surface area contributed by atoms with Crippen LogP contribution in [0.25, 0.3) is 0 Å². The lowest BCUT2D eigenvalue weighted by atomic mass is 10.2. The van der Waals surface area contributed by atoms with Gasteiger partial charge in [0, 0.05) is 23.4 Å². The summed E-state index contributed by atoms with van der Waals surface area (Å²) in [4.78, 5) is 31.7. The zero-order chi connectivity index (χ0) is 20.6. The highest BCUT2D eigenvalue weighted by Crippen LogP contribution is 2.29. The number of rotatable bonds is 8. The molecule has 0 radical (unpaired) electrons. The molecule has 2 aromatic rings. The third-order valence-electron chi connectivity index (χ3n) is 4.59. The SMILES string of the molecule is CCCCCOc1cccc(C(=O)Nc2nc3c(s2)CN(C(=O)OCC)CC3)c1. The van der Waals surface area contributed by atoms with Gasteiger partial charge in [-0.3, -0.25) is 10.1 Å². The van der Waals surface area contributed by atoms with Gasteiger partial charge in [-0.05, 0) is 31.5 Å². The number of amides is 2. The lowest BCUT2D eigenvalue weighted by molar-refractivity contribution is 0.102. The average Bonchev–Trinajstić information content (AvgIpc) is 3.13. The molecule has 0 saturated carbocycles. The molecule has 0 fully saturated rings. The van der Waals surface area contributed by atoms with Crippen LogP contribution >= 0.6 is 11.3 Å². The number of thiazole rings is 1. The minimum absolute atomic E-state index is 0.225. The Kier molecular flexibility index (Phi) is 7.46. The summed E-state index contributed by atoms with van der Waals surface area (Å²) in [6.45, 7) is 5.97. The molecule has 3 rings (SSSR count). The van der Waals surface area contributed by atoms with Crippen molar-refractivity contribution < 1.29 is 19.1 Å². The molecule has 0 aliphatic carbocycles. The zero-order valence-corrected chi connectivity index (χ0v) is 17.7. The molecule has 0 bridgehead atoms. The van der Waals surface area contributed by atoms with Crippen molar-refractivity contribution in [1.29, 1.82) is 0 Å². The maximum atomic E-state index is 12.6. The molecule has 1 N–H and O–H groups in total. The quantitative estimate of drug-likeness (QED) is 0.641. The van der Waals surface area contributed by atoms with Crippen molar-refractivity contribution in [2.75, 3.05) is 25.1 Å². The molecule has 7 nitrogen and oxygen atoms in total. The number of hydrogen-bond donors (Lipinski definition) is 1. The summed E-state index contributed by atoms with van der Waals surface area (Å²) >= 11 is 1.40. The maximum Gasteiger partial charge on any atom is 0.410 e. The molecule has 0 saturated heterocycles. The van der Waals surface area contributed by atoms with Gasteiger partial charge in [-0.1, -0.05) is 37.2 Å². The lowest BCUT2D eigenvalue weighted by Crippen LogP contribution is -2.35. The third-order valence-corrected chi connectivity index (χ3v) is 5.59. The van der Waals surface area contributed by atoms with Crippen LogP contribution in [0.15, 0.2) is 24.3 Å². The van der Waals surface area contributed by atoms with Crippen molar-refractivity contribution in [2.45, 2.75) is 46.1 Å². The van der Waals surface area contributed by atoms with Crippen LogP contribution < -0.4 is 10.1 Å². The summed E-state index contributed by atoms with van der Waals surface area (Å²) in [5, 5.41) is 3.41. The van der Waals surface area contributed by atoms with E-state index in [1.54, 1.807) is 24.0 Å². The smallest absolute Gasteiger partial charge is 0.410 e. The van der Waals surface area contributed by atoms with Crippen molar-refractivity contribution >= 4 is 28.5 Å². The topological polar surface area (TPSA) is 80.8 Å². The molecule has 1 aliphatic rings. The first-order valence-electron chi connectivity index (χ1n) is 10.0. The Bertz CT molecular complexity index is 852. The van der Waals surface area contributed by atoms with Crippen molar-refractivity contribution in [2.24, 2.45) is 0 Å². The molecular formula is C21H27N3O4S. The fourth-order valence-corrected chi connectivity index (χ4v) is 4.08. The first kappa shape index (κ1) is 21.1. The molecule has 0 atom stereocenters. The predicted molar refractivity (Wildman–Crippen MR) is 113 cm³/mol. The number of nitrogens with one attached hydrogen (secondary N) is 1. The van der Waals surface area contributed by atoms with Gasteiger partial charge in [-0.15, -0.1) is 0 Å². The van der Waals surface area contributed by atoms with E-state index in [1.807, 2.05) is 12.1 Å². The van der Waals surface area contributed by atoms with Crippen LogP contribution in [0.3, 0.4) is 0 Å². The van der Waals surface area contributed by atoms with Crippen molar-refractivity contribution in [3.63, 3.8) is 0 Å². The van der Waals surface area contributed by atoms with E-state index in [-0.39, 0.29) is 12.0 Å². The fourth-order valence-electron chi connectivity index (χ4n) is 3.06. The normalized spacial score (nSPS) is 13.0. The molecular weight excluding hydrogens is 390 g/mol. The van der Waals surface area contributed by atoms with Gasteiger partial charge in [0.05, 0.1) is 25.5 Å². The number of hydrogen-bond acceptors (Lipinski definition) is 6. The van der Waals surface area contributed by atoms with Crippen molar-refractivity contribution in [3.8, 4) is 5.75 Å². The fraction of sp³-hybridized carbons (Fsp3) is 0.476. The highest BCUT2D eigenvalue weighted by Gasteiger charge is 2.25. The number of nitrogens with zero attached hydrogens (tertiary/aromatic N) is 2. The highest BCUT2D eigenvalue weighted by molar-refractivity contribution is 7.15. The molecule has 1 aromatic carbocycles. The third kappa shape index (κ3) is 5.69. The summed E-state index contributed by atoms with van der Waals surface area (Å²) < 4.78 is 10.8. The lowest BCUT2D eigenvalue weighted by Gasteiger charge is -2.24. The summed E-state index contributed by atoms with van der Waals surface area (Å²) in [5.74, 6) is 0.467. The van der Waals surface area contributed by atoms with E-state index in [0.717, 1.165) is 29.8 Å². The van der Waals surface area contributed by atoms with E-state index in [9.17, 15) is 9.59 Å². The number of unbranched alkanes of at least 4 members (excludes halogenated alkanes) is 2. The molecule has 8 heteroatoms. The van der Waals surface area contributed by atoms with Crippen LogP contribution in [-0.2, 0) is 17.7 Å². The predicted octanol–water partition coefficient (Wildman–Crippen LogP) is 4.48. The van der Waals surface area contributed by atoms with E-state index in [2.05, 4.69) is 17.2 Å². The number of ether oxygens (including phenoxy) is 2. The van der Waals surface area contributed by atoms with Crippen LogP contribution in [0.4, 0.5) is 9.93 Å². The summed E-state index contributed by atoms with van der Waals surface area (Å²) in [7, 11) is 0. The van der Waals surface area contributed by atoms with Gasteiger partial charge in [-0.2, -0.15) is 0 Å². The first-order chi connectivity index (χ1) is 14.1. The number of anilines is 1. The van der Waals surface area contributed by atoms with E-state index in [4.69, 9.17) is 9.47 Å². The Morgan fingerprint density at radius 2 is 2.14 bits per heavy atom. The van der Waals surface area contributed by atoms with Crippen LogP contribution in [0, 0.1) is 0 Å². The zero-order valence-electron chi connectivity index (χ0n) is 16.9. The van der Waals surface area contributed by atoms with Crippen LogP contribution in [0.5, 0.6) is 5.75 Å². The second-order valence-corrected chi connectivity index (χ2v) is 7.88. The number of fused-ring (bicyclic) bond motifs is 1. The molecule has 1 aliphatic heterocycles. The van der Waals surface area contributed by atoms with Crippen molar-refractivity contribution in [1.82, 2.24) is 9.88 Å². The van der Waals surface area contributed by atoms with Crippen LogP contribution in [-0.4, -0.2) is 41.6 Å². The Morgan fingerprint density at radius 3 is 2.93 bits per heavy atom. The van der Waals surface area contributed by atoms with Gasteiger partial charge in [0.15, 0.2) is 5.13 Å². The molecule has 29 heavy (non-hydrogen) atoms. The summed E-state index contributed by atoms with van der Waals surface area (Å²) in [6, 6.07) is 7.17. The molecule has 0 unspecified atom stereocenters. The molecule has 156 valence electrons. The standard InChI is InChI=1S/C21H27N3O4S/c1-3-5-6-12-28-16-9-7-8-15(13-16)19(25)23-20-22-17-10-11-24(14-18(17)29-20)21(26)27-4-2/h7-9,13H,3-6,10-12,14H2,1-2H3,(H,22,23,25). The molecule has 2 heterocycles. The minimum atomic E-state index is -0.312. The monoisotopic (exact) mass is 417 g/mol. The molecule has 2 amide bonds. The Hall–Kier alpha value is -2.61. The Morgan fingerprint density at radius 1 is 1.28 bits per heavy atom. The van der Waals surface area contributed by atoms with E-state index < -0.39 is 0 Å². The maximum absolute atomic E-state index is 12.6. The second-order valence-electron chi connectivity index (χ2n) is 6.80. The van der Waals surface area contributed by atoms with Gasteiger partial charge < -0.3 is 14.4 Å².